The Labute approximate surface area is 113 Å². The van der Waals surface area contributed by atoms with Crippen molar-refractivity contribution in [3.63, 3.8) is 0 Å². The molecular weight excluding hydrogens is 393 g/mol. The summed E-state index contributed by atoms with van der Waals surface area (Å²) >= 11 is 0. The lowest BCUT2D eigenvalue weighted by atomic mass is 9.99. The van der Waals surface area contributed by atoms with Gasteiger partial charge in [0.05, 0.1) is 0 Å². The highest BCUT2D eigenvalue weighted by molar-refractivity contribution is 14.0. The second-order valence-corrected chi connectivity index (χ2v) is 3.34. The van der Waals surface area contributed by atoms with E-state index in [0.29, 0.717) is 0 Å². The van der Waals surface area contributed by atoms with E-state index in [0.717, 1.165) is 11.1 Å². The van der Waals surface area contributed by atoms with E-state index in [2.05, 4.69) is 0 Å². The standard InChI is InChI=1S/C10H13F.2HI/c1-8-5-4-6-9(7-8)10(2,3)11;;/h4-7H,1-3H3;2*1H. The first kappa shape index (κ1) is 16.1. The van der Waals surface area contributed by atoms with E-state index in [-0.39, 0.29) is 48.0 Å². The van der Waals surface area contributed by atoms with Crippen molar-refractivity contribution in [2.45, 2.75) is 26.4 Å². The van der Waals surface area contributed by atoms with E-state index in [9.17, 15) is 4.39 Å². The summed E-state index contributed by atoms with van der Waals surface area (Å²) in [5.41, 5.74) is 0.636. The quantitative estimate of drug-likeness (QED) is 0.604. The Morgan fingerprint density at radius 1 is 1.15 bits per heavy atom. The average molecular weight is 408 g/mol. The fourth-order valence-electron chi connectivity index (χ4n) is 1.01. The number of aryl methyl sites for hydroxylation is 1. The molecule has 0 spiro atoms. The van der Waals surface area contributed by atoms with Gasteiger partial charge in [0, 0.05) is 0 Å². The van der Waals surface area contributed by atoms with Crippen LogP contribution in [0.25, 0.3) is 0 Å². The molecule has 0 saturated carbocycles. The molecule has 0 aliphatic rings. The van der Waals surface area contributed by atoms with E-state index < -0.39 is 5.67 Å². The molecule has 0 amide bonds. The molecule has 0 aliphatic carbocycles. The number of rotatable bonds is 1. The van der Waals surface area contributed by atoms with Crippen LogP contribution in [0.15, 0.2) is 24.3 Å². The van der Waals surface area contributed by atoms with Crippen LogP contribution in [-0.2, 0) is 5.67 Å². The molecule has 0 atom stereocenters. The maximum absolute atomic E-state index is 13.3. The molecule has 1 aromatic rings. The maximum Gasteiger partial charge on any atom is 0.130 e. The van der Waals surface area contributed by atoms with Crippen molar-refractivity contribution in [1.82, 2.24) is 0 Å². The molecule has 0 radical (unpaired) electrons. The zero-order valence-corrected chi connectivity index (χ0v) is 12.7. The monoisotopic (exact) mass is 408 g/mol. The second kappa shape index (κ2) is 6.16. The van der Waals surface area contributed by atoms with E-state index in [1.54, 1.807) is 13.8 Å². The lowest BCUT2D eigenvalue weighted by Gasteiger charge is -2.14. The molecule has 0 N–H and O–H groups in total. The molecule has 0 saturated heterocycles. The predicted molar refractivity (Wildman–Crippen MR) is 76.1 cm³/mol. The zero-order chi connectivity index (χ0) is 8.48. The second-order valence-electron chi connectivity index (χ2n) is 3.34. The number of halogens is 3. The number of hydrogen-bond donors (Lipinski definition) is 0. The summed E-state index contributed by atoms with van der Waals surface area (Å²) in [7, 11) is 0. The van der Waals surface area contributed by atoms with E-state index in [1.165, 1.54) is 0 Å². The van der Waals surface area contributed by atoms with Crippen LogP contribution >= 0.6 is 48.0 Å². The Balaban J connectivity index is 0. The smallest absolute Gasteiger partial charge is 0.130 e. The number of benzene rings is 1. The molecular formula is C10H15FI2. The summed E-state index contributed by atoms with van der Waals surface area (Å²) < 4.78 is 13.3. The first-order valence-electron chi connectivity index (χ1n) is 3.76. The third-order valence-electron chi connectivity index (χ3n) is 1.70. The van der Waals surface area contributed by atoms with Gasteiger partial charge in [-0.3, -0.25) is 0 Å². The topological polar surface area (TPSA) is 0 Å². The van der Waals surface area contributed by atoms with Crippen LogP contribution in [0, 0.1) is 6.92 Å². The molecule has 0 bridgehead atoms. The lowest BCUT2D eigenvalue weighted by Crippen LogP contribution is -2.08. The van der Waals surface area contributed by atoms with Gasteiger partial charge < -0.3 is 0 Å². The van der Waals surface area contributed by atoms with Crippen molar-refractivity contribution in [2.24, 2.45) is 0 Å². The summed E-state index contributed by atoms with van der Waals surface area (Å²) in [6.45, 7) is 5.11. The predicted octanol–water partition coefficient (Wildman–Crippen LogP) is 4.44. The summed E-state index contributed by atoms with van der Waals surface area (Å²) in [5, 5.41) is 0. The summed E-state index contributed by atoms with van der Waals surface area (Å²) in [5.74, 6) is 0. The summed E-state index contributed by atoms with van der Waals surface area (Å²) in [4.78, 5) is 0. The van der Waals surface area contributed by atoms with Crippen molar-refractivity contribution >= 4 is 48.0 Å². The van der Waals surface area contributed by atoms with Gasteiger partial charge in [0.25, 0.3) is 0 Å². The third kappa shape index (κ3) is 5.15. The van der Waals surface area contributed by atoms with Crippen LogP contribution in [0.5, 0.6) is 0 Å². The molecule has 3 heteroatoms. The van der Waals surface area contributed by atoms with Gasteiger partial charge in [-0.2, -0.15) is 0 Å². The molecule has 0 unspecified atom stereocenters. The summed E-state index contributed by atoms with van der Waals surface area (Å²) in [6, 6.07) is 7.54. The third-order valence-corrected chi connectivity index (χ3v) is 1.70. The fourth-order valence-corrected chi connectivity index (χ4v) is 1.01. The van der Waals surface area contributed by atoms with E-state index in [1.807, 2.05) is 31.2 Å². The lowest BCUT2D eigenvalue weighted by molar-refractivity contribution is 0.221. The number of hydrogen-bond acceptors (Lipinski definition) is 0. The zero-order valence-electron chi connectivity index (χ0n) is 8.00. The molecule has 1 aromatic carbocycles. The van der Waals surface area contributed by atoms with Gasteiger partial charge >= 0.3 is 0 Å². The van der Waals surface area contributed by atoms with Crippen LogP contribution in [-0.4, -0.2) is 0 Å². The van der Waals surface area contributed by atoms with Gasteiger partial charge in [-0.25, -0.2) is 4.39 Å². The minimum Gasteiger partial charge on any atom is -0.239 e. The minimum atomic E-state index is -1.22. The van der Waals surface area contributed by atoms with Crippen molar-refractivity contribution < 1.29 is 4.39 Å². The van der Waals surface area contributed by atoms with Crippen molar-refractivity contribution in [3.05, 3.63) is 35.4 Å². The van der Waals surface area contributed by atoms with Gasteiger partial charge in [-0.15, -0.1) is 48.0 Å². The molecule has 13 heavy (non-hydrogen) atoms. The SMILES string of the molecule is Cc1cccc(C(C)(C)F)c1.I.I. The minimum absolute atomic E-state index is 0. The Morgan fingerprint density at radius 2 is 1.69 bits per heavy atom. The Hall–Kier alpha value is 0.610. The Kier molecular flexibility index (Phi) is 7.61. The first-order chi connectivity index (χ1) is 5.00. The van der Waals surface area contributed by atoms with Crippen LogP contribution in [0.3, 0.4) is 0 Å². The van der Waals surface area contributed by atoms with Crippen LogP contribution < -0.4 is 0 Å². The molecule has 0 nitrogen and oxygen atoms in total. The molecule has 76 valence electrons. The highest BCUT2D eigenvalue weighted by Crippen LogP contribution is 2.24. The normalized spacial score (nSPS) is 9.85. The van der Waals surface area contributed by atoms with Gasteiger partial charge in [-0.1, -0.05) is 29.8 Å². The van der Waals surface area contributed by atoms with Gasteiger partial charge in [0.15, 0.2) is 0 Å². The highest BCUT2D eigenvalue weighted by atomic mass is 127. The maximum atomic E-state index is 13.3. The molecule has 0 heterocycles. The van der Waals surface area contributed by atoms with Crippen molar-refractivity contribution in [2.75, 3.05) is 0 Å². The average Bonchev–Trinajstić information content (AvgIpc) is 1.86. The van der Waals surface area contributed by atoms with Crippen LogP contribution in [0.4, 0.5) is 4.39 Å². The van der Waals surface area contributed by atoms with E-state index in [4.69, 9.17) is 0 Å². The van der Waals surface area contributed by atoms with Crippen LogP contribution in [0.2, 0.25) is 0 Å². The van der Waals surface area contributed by atoms with Crippen molar-refractivity contribution in [1.29, 1.82) is 0 Å². The van der Waals surface area contributed by atoms with Gasteiger partial charge in [0.1, 0.15) is 5.67 Å². The molecule has 1 rings (SSSR count). The highest BCUT2D eigenvalue weighted by Gasteiger charge is 2.17. The van der Waals surface area contributed by atoms with E-state index >= 15 is 0 Å². The molecule has 0 aromatic heterocycles. The number of alkyl halides is 1. The fraction of sp³-hybridized carbons (Fsp3) is 0.400. The van der Waals surface area contributed by atoms with Crippen LogP contribution in [0.1, 0.15) is 25.0 Å². The Morgan fingerprint density at radius 3 is 2.00 bits per heavy atom. The summed E-state index contributed by atoms with van der Waals surface area (Å²) in [6.07, 6.45) is 0. The van der Waals surface area contributed by atoms with Gasteiger partial charge in [0.2, 0.25) is 0 Å². The Bertz CT molecular complexity index is 253. The molecule has 0 aliphatic heterocycles. The largest absolute Gasteiger partial charge is 0.239 e. The molecule has 0 fully saturated rings. The first-order valence-corrected chi connectivity index (χ1v) is 3.76. The van der Waals surface area contributed by atoms with Crippen molar-refractivity contribution in [3.8, 4) is 0 Å². The van der Waals surface area contributed by atoms with Gasteiger partial charge in [-0.05, 0) is 26.3 Å².